The van der Waals surface area contributed by atoms with Crippen molar-refractivity contribution >= 4 is 17.6 Å². The van der Waals surface area contributed by atoms with Crippen LogP contribution in [0.5, 0.6) is 0 Å². The summed E-state index contributed by atoms with van der Waals surface area (Å²) in [7, 11) is 1.59. The zero-order valence-corrected chi connectivity index (χ0v) is 10.6. The molecule has 100 valence electrons. The van der Waals surface area contributed by atoms with Gasteiger partial charge in [-0.25, -0.2) is 4.79 Å². The van der Waals surface area contributed by atoms with E-state index >= 15 is 0 Å². The topological polar surface area (TPSA) is 83.6 Å². The second-order valence-electron chi connectivity index (χ2n) is 4.61. The number of rotatable bonds is 3. The fourth-order valence-corrected chi connectivity index (χ4v) is 2.22. The van der Waals surface area contributed by atoms with Crippen LogP contribution in [-0.4, -0.2) is 30.1 Å². The summed E-state index contributed by atoms with van der Waals surface area (Å²) in [4.78, 5) is 24.8. The van der Waals surface area contributed by atoms with E-state index in [9.17, 15) is 9.59 Å². The van der Waals surface area contributed by atoms with Gasteiger partial charge in [0.2, 0.25) is 5.91 Å². The highest BCUT2D eigenvalue weighted by Crippen LogP contribution is 2.24. The monoisotopic (exact) mass is 260 g/mol. The Labute approximate surface area is 111 Å². The van der Waals surface area contributed by atoms with Crippen LogP contribution >= 0.6 is 0 Å². The normalized spacial score (nSPS) is 21.4. The predicted octanol–water partition coefficient (Wildman–Crippen LogP) is 1.25. The molecule has 5 heteroatoms. The fourth-order valence-electron chi connectivity index (χ4n) is 2.22. The summed E-state index contributed by atoms with van der Waals surface area (Å²) >= 11 is 0. The molecule has 0 saturated carbocycles. The molecule has 2 rings (SSSR count). The van der Waals surface area contributed by atoms with Crippen molar-refractivity contribution in [3.05, 3.63) is 42.0 Å². The van der Waals surface area contributed by atoms with Crippen molar-refractivity contribution in [2.24, 2.45) is 11.7 Å². The zero-order valence-electron chi connectivity index (χ0n) is 10.6. The number of hydrogen-bond acceptors (Lipinski definition) is 3. The number of carbonyl (C=O) groups is 2. The standard InChI is InChI=1S/C14H16N2O3/c1-16(13(17)9-6-7-10(15)8-9)12-5-3-2-4-11(12)14(18)19/h2-7,9-10H,8,15H2,1H3,(H,18,19). The van der Waals surface area contributed by atoms with Gasteiger partial charge in [-0.3, -0.25) is 4.79 Å². The van der Waals surface area contributed by atoms with Crippen molar-refractivity contribution in [2.75, 3.05) is 11.9 Å². The lowest BCUT2D eigenvalue weighted by Crippen LogP contribution is -2.33. The molecular weight excluding hydrogens is 244 g/mol. The van der Waals surface area contributed by atoms with Gasteiger partial charge in [0.1, 0.15) is 0 Å². The van der Waals surface area contributed by atoms with Crippen molar-refractivity contribution in [2.45, 2.75) is 12.5 Å². The number of amides is 1. The summed E-state index contributed by atoms with van der Waals surface area (Å²) in [5.41, 5.74) is 6.24. The third-order valence-corrected chi connectivity index (χ3v) is 3.26. The number of carboxylic acid groups (broad SMARTS) is 1. The minimum Gasteiger partial charge on any atom is -0.478 e. The van der Waals surface area contributed by atoms with Crippen LogP contribution in [-0.2, 0) is 4.79 Å². The minimum atomic E-state index is -1.05. The number of carbonyl (C=O) groups excluding carboxylic acids is 1. The molecular formula is C14H16N2O3. The lowest BCUT2D eigenvalue weighted by atomic mass is 10.1. The van der Waals surface area contributed by atoms with Crippen molar-refractivity contribution < 1.29 is 14.7 Å². The number of carboxylic acids is 1. The predicted molar refractivity (Wildman–Crippen MR) is 72.0 cm³/mol. The maximum atomic E-state index is 12.3. The molecule has 0 heterocycles. The van der Waals surface area contributed by atoms with Gasteiger partial charge in [0.25, 0.3) is 0 Å². The number of nitrogens with zero attached hydrogens (tertiary/aromatic N) is 1. The van der Waals surface area contributed by atoms with Gasteiger partial charge in [0, 0.05) is 13.1 Å². The molecule has 0 fully saturated rings. The Morgan fingerprint density at radius 1 is 1.32 bits per heavy atom. The SMILES string of the molecule is CN(C(=O)C1C=CC(N)C1)c1ccccc1C(=O)O. The van der Waals surface area contributed by atoms with E-state index in [2.05, 4.69) is 0 Å². The molecule has 0 aromatic heterocycles. The molecule has 2 unspecified atom stereocenters. The number of para-hydroxylation sites is 1. The molecule has 0 aliphatic heterocycles. The number of hydrogen-bond donors (Lipinski definition) is 2. The van der Waals surface area contributed by atoms with E-state index in [1.807, 2.05) is 0 Å². The molecule has 1 aliphatic rings. The molecule has 1 aromatic rings. The van der Waals surface area contributed by atoms with Crippen LogP contribution in [0.4, 0.5) is 5.69 Å². The van der Waals surface area contributed by atoms with Gasteiger partial charge in [0.05, 0.1) is 17.2 Å². The molecule has 19 heavy (non-hydrogen) atoms. The first kappa shape index (κ1) is 13.3. The smallest absolute Gasteiger partial charge is 0.337 e. The molecule has 0 radical (unpaired) electrons. The van der Waals surface area contributed by atoms with Crippen LogP contribution in [0.25, 0.3) is 0 Å². The van der Waals surface area contributed by atoms with E-state index in [-0.39, 0.29) is 23.4 Å². The van der Waals surface area contributed by atoms with E-state index in [1.54, 1.807) is 37.4 Å². The van der Waals surface area contributed by atoms with Crippen LogP contribution in [0.1, 0.15) is 16.8 Å². The average Bonchev–Trinajstić information content (AvgIpc) is 2.83. The van der Waals surface area contributed by atoms with Crippen LogP contribution in [0, 0.1) is 5.92 Å². The Bertz CT molecular complexity index is 539. The van der Waals surface area contributed by atoms with E-state index in [1.165, 1.54) is 11.0 Å². The number of nitrogens with two attached hydrogens (primary N) is 1. The summed E-state index contributed by atoms with van der Waals surface area (Å²) in [6.07, 6.45) is 4.16. The molecule has 1 amide bonds. The van der Waals surface area contributed by atoms with Crippen LogP contribution in [0.3, 0.4) is 0 Å². The van der Waals surface area contributed by atoms with Gasteiger partial charge in [-0.2, -0.15) is 0 Å². The van der Waals surface area contributed by atoms with Crippen LogP contribution < -0.4 is 10.6 Å². The van der Waals surface area contributed by atoms with Crippen molar-refractivity contribution in [1.82, 2.24) is 0 Å². The highest BCUT2D eigenvalue weighted by atomic mass is 16.4. The Kier molecular flexibility index (Phi) is 3.66. The molecule has 1 aromatic carbocycles. The average molecular weight is 260 g/mol. The van der Waals surface area contributed by atoms with E-state index < -0.39 is 5.97 Å². The zero-order chi connectivity index (χ0) is 14.0. The van der Waals surface area contributed by atoms with Crippen molar-refractivity contribution in [1.29, 1.82) is 0 Å². The summed E-state index contributed by atoms with van der Waals surface area (Å²) in [6, 6.07) is 6.35. The van der Waals surface area contributed by atoms with Crippen LogP contribution in [0.2, 0.25) is 0 Å². The maximum absolute atomic E-state index is 12.3. The Morgan fingerprint density at radius 2 is 2.00 bits per heavy atom. The van der Waals surface area contributed by atoms with Crippen LogP contribution in [0.15, 0.2) is 36.4 Å². The molecule has 3 N–H and O–H groups in total. The Balaban J connectivity index is 2.25. The number of aromatic carboxylic acids is 1. The van der Waals surface area contributed by atoms with Gasteiger partial charge in [-0.05, 0) is 18.6 Å². The Hall–Kier alpha value is -2.14. The lowest BCUT2D eigenvalue weighted by Gasteiger charge is -2.22. The lowest BCUT2D eigenvalue weighted by molar-refractivity contribution is -0.120. The van der Waals surface area contributed by atoms with Gasteiger partial charge < -0.3 is 15.7 Å². The van der Waals surface area contributed by atoms with Gasteiger partial charge >= 0.3 is 5.97 Å². The van der Waals surface area contributed by atoms with Crippen molar-refractivity contribution in [3.8, 4) is 0 Å². The molecule has 0 bridgehead atoms. The minimum absolute atomic E-state index is 0.0999. The third-order valence-electron chi connectivity index (χ3n) is 3.26. The second-order valence-corrected chi connectivity index (χ2v) is 4.61. The first-order chi connectivity index (χ1) is 9.00. The van der Waals surface area contributed by atoms with Crippen molar-refractivity contribution in [3.63, 3.8) is 0 Å². The summed E-state index contributed by atoms with van der Waals surface area (Å²) in [5, 5.41) is 9.13. The molecule has 2 atom stereocenters. The van der Waals surface area contributed by atoms with Gasteiger partial charge in [0.15, 0.2) is 0 Å². The highest BCUT2D eigenvalue weighted by Gasteiger charge is 2.27. The van der Waals surface area contributed by atoms with Gasteiger partial charge in [-0.1, -0.05) is 24.3 Å². The molecule has 1 aliphatic carbocycles. The van der Waals surface area contributed by atoms with E-state index in [0.717, 1.165) is 0 Å². The Morgan fingerprint density at radius 3 is 2.58 bits per heavy atom. The second kappa shape index (κ2) is 5.24. The highest BCUT2D eigenvalue weighted by molar-refractivity contribution is 6.02. The first-order valence-corrected chi connectivity index (χ1v) is 6.04. The quantitative estimate of drug-likeness (QED) is 0.801. The number of benzene rings is 1. The summed E-state index contributed by atoms with van der Waals surface area (Å²) in [5.74, 6) is -1.46. The molecule has 0 spiro atoms. The number of anilines is 1. The van der Waals surface area contributed by atoms with Gasteiger partial charge in [-0.15, -0.1) is 0 Å². The maximum Gasteiger partial charge on any atom is 0.337 e. The fraction of sp³-hybridized carbons (Fsp3) is 0.286. The molecule has 0 saturated heterocycles. The van der Waals surface area contributed by atoms with E-state index in [0.29, 0.717) is 12.1 Å². The summed E-state index contributed by atoms with van der Waals surface area (Å²) < 4.78 is 0. The molecule has 5 nitrogen and oxygen atoms in total. The van der Waals surface area contributed by atoms with E-state index in [4.69, 9.17) is 10.8 Å². The largest absolute Gasteiger partial charge is 0.478 e. The first-order valence-electron chi connectivity index (χ1n) is 6.04. The third kappa shape index (κ3) is 2.66. The summed E-state index contributed by atoms with van der Waals surface area (Å²) in [6.45, 7) is 0.